The molecule has 1 amide bonds. The molecule has 28 heavy (non-hydrogen) atoms. The number of rotatable bonds is 7. The number of furan rings is 1. The molecule has 0 fully saturated rings. The minimum Gasteiger partial charge on any atom is -0.465 e. The van der Waals surface area contributed by atoms with E-state index in [1.807, 2.05) is 31.2 Å². The van der Waals surface area contributed by atoms with E-state index in [9.17, 15) is 9.59 Å². The number of hydrogen-bond acceptors (Lipinski definition) is 5. The second kappa shape index (κ2) is 9.23. The molecular weight excluding hydrogens is 358 g/mol. The molecular formula is C22H19NO5. The molecule has 0 spiro atoms. The highest BCUT2D eigenvalue weighted by Crippen LogP contribution is 2.23. The normalized spacial score (nSPS) is 10.6. The first-order chi connectivity index (χ1) is 13.6. The van der Waals surface area contributed by atoms with Crippen LogP contribution in [0, 0.1) is 6.92 Å². The van der Waals surface area contributed by atoms with E-state index in [-0.39, 0.29) is 6.61 Å². The number of nitrogens with one attached hydrogen (secondary N) is 1. The molecule has 0 saturated heterocycles. The minimum absolute atomic E-state index is 0.386. The smallest absolute Gasteiger partial charge is 0.331 e. The van der Waals surface area contributed by atoms with Crippen molar-refractivity contribution in [1.82, 2.24) is 0 Å². The largest absolute Gasteiger partial charge is 0.465 e. The van der Waals surface area contributed by atoms with Gasteiger partial charge in [0.2, 0.25) is 0 Å². The Hall–Kier alpha value is -3.80. The standard InChI is InChI=1S/C22H19NO5/c1-16-4-8-19(9-5-16)28-20-10-6-17(7-11-20)23-21(24)15-27-22(25)13-12-18-3-2-14-26-18/h2-14H,15H2,1H3,(H,23,24)/b13-12+. The van der Waals surface area contributed by atoms with Crippen molar-refractivity contribution >= 4 is 23.6 Å². The first kappa shape index (κ1) is 19.0. The topological polar surface area (TPSA) is 77.8 Å². The van der Waals surface area contributed by atoms with Crippen LogP contribution in [0.5, 0.6) is 11.5 Å². The van der Waals surface area contributed by atoms with Gasteiger partial charge in [-0.15, -0.1) is 0 Å². The summed E-state index contributed by atoms with van der Waals surface area (Å²) in [5.41, 5.74) is 1.73. The quantitative estimate of drug-likeness (QED) is 0.482. The SMILES string of the molecule is Cc1ccc(Oc2ccc(NC(=O)COC(=O)/C=C/c3ccco3)cc2)cc1. The van der Waals surface area contributed by atoms with Gasteiger partial charge in [0, 0.05) is 11.8 Å². The van der Waals surface area contributed by atoms with Crippen molar-refractivity contribution in [2.24, 2.45) is 0 Å². The average Bonchev–Trinajstić information content (AvgIpc) is 3.22. The molecule has 0 aliphatic carbocycles. The van der Waals surface area contributed by atoms with Gasteiger partial charge in [0.1, 0.15) is 17.3 Å². The van der Waals surface area contributed by atoms with Gasteiger partial charge in [0.15, 0.2) is 6.61 Å². The number of ether oxygens (including phenoxy) is 2. The molecule has 6 heteroatoms. The maximum Gasteiger partial charge on any atom is 0.331 e. The second-order valence-electron chi connectivity index (χ2n) is 5.94. The zero-order valence-corrected chi connectivity index (χ0v) is 15.3. The van der Waals surface area contributed by atoms with E-state index in [2.05, 4.69) is 5.32 Å². The lowest BCUT2D eigenvalue weighted by Gasteiger charge is -2.08. The first-order valence-electron chi connectivity index (χ1n) is 8.61. The Morgan fingerprint density at radius 1 is 1.00 bits per heavy atom. The van der Waals surface area contributed by atoms with Crippen LogP contribution in [0.25, 0.3) is 6.08 Å². The van der Waals surface area contributed by atoms with Crippen LogP contribution in [-0.4, -0.2) is 18.5 Å². The van der Waals surface area contributed by atoms with Gasteiger partial charge in [-0.3, -0.25) is 4.79 Å². The Bertz CT molecular complexity index is 942. The number of anilines is 1. The summed E-state index contributed by atoms with van der Waals surface area (Å²) in [6.07, 6.45) is 4.16. The van der Waals surface area contributed by atoms with Gasteiger partial charge >= 0.3 is 5.97 Å². The zero-order valence-electron chi connectivity index (χ0n) is 15.3. The van der Waals surface area contributed by atoms with Gasteiger partial charge in [-0.05, 0) is 61.5 Å². The second-order valence-corrected chi connectivity index (χ2v) is 5.94. The van der Waals surface area contributed by atoms with Gasteiger partial charge in [-0.2, -0.15) is 0 Å². The molecule has 0 unspecified atom stereocenters. The highest BCUT2D eigenvalue weighted by molar-refractivity contribution is 5.94. The zero-order chi connectivity index (χ0) is 19.8. The molecule has 0 aliphatic rings. The summed E-state index contributed by atoms with van der Waals surface area (Å²) in [6.45, 7) is 1.62. The van der Waals surface area contributed by atoms with Crippen molar-refractivity contribution in [2.75, 3.05) is 11.9 Å². The predicted octanol–water partition coefficient (Wildman–Crippen LogP) is 4.58. The van der Waals surface area contributed by atoms with E-state index in [1.165, 1.54) is 18.4 Å². The molecule has 0 atom stereocenters. The number of benzene rings is 2. The summed E-state index contributed by atoms with van der Waals surface area (Å²) in [5, 5.41) is 2.65. The summed E-state index contributed by atoms with van der Waals surface area (Å²) in [5.74, 6) is 0.836. The van der Waals surface area contributed by atoms with E-state index in [1.54, 1.807) is 36.4 Å². The van der Waals surface area contributed by atoms with Crippen molar-refractivity contribution in [3.63, 3.8) is 0 Å². The highest BCUT2D eigenvalue weighted by Gasteiger charge is 2.06. The Balaban J connectivity index is 1.45. The molecule has 6 nitrogen and oxygen atoms in total. The van der Waals surface area contributed by atoms with Crippen LogP contribution in [0.2, 0.25) is 0 Å². The number of carbonyl (C=O) groups is 2. The Morgan fingerprint density at radius 2 is 1.68 bits per heavy atom. The molecule has 1 N–H and O–H groups in total. The Kier molecular flexibility index (Phi) is 6.25. The van der Waals surface area contributed by atoms with Crippen LogP contribution in [0.1, 0.15) is 11.3 Å². The molecule has 0 radical (unpaired) electrons. The van der Waals surface area contributed by atoms with E-state index >= 15 is 0 Å². The van der Waals surface area contributed by atoms with E-state index in [4.69, 9.17) is 13.9 Å². The summed E-state index contributed by atoms with van der Waals surface area (Å²) in [7, 11) is 0. The van der Waals surface area contributed by atoms with Crippen LogP contribution in [0.4, 0.5) is 5.69 Å². The van der Waals surface area contributed by atoms with Crippen LogP contribution >= 0.6 is 0 Å². The van der Waals surface area contributed by atoms with Gasteiger partial charge in [0.05, 0.1) is 6.26 Å². The van der Waals surface area contributed by atoms with Gasteiger partial charge in [0.25, 0.3) is 5.91 Å². The van der Waals surface area contributed by atoms with Crippen molar-refractivity contribution in [2.45, 2.75) is 6.92 Å². The number of carbonyl (C=O) groups excluding carboxylic acids is 2. The highest BCUT2D eigenvalue weighted by atomic mass is 16.5. The van der Waals surface area contributed by atoms with Gasteiger partial charge in [-0.25, -0.2) is 4.79 Å². The minimum atomic E-state index is -0.631. The molecule has 1 aromatic heterocycles. The number of amides is 1. The fourth-order valence-corrected chi connectivity index (χ4v) is 2.27. The van der Waals surface area contributed by atoms with E-state index < -0.39 is 11.9 Å². The maximum absolute atomic E-state index is 11.9. The summed E-state index contributed by atoms with van der Waals surface area (Å²) in [6, 6.07) is 18.0. The number of esters is 1. The summed E-state index contributed by atoms with van der Waals surface area (Å²) in [4.78, 5) is 23.5. The van der Waals surface area contributed by atoms with E-state index in [0.717, 1.165) is 11.3 Å². The molecule has 0 saturated carbocycles. The number of aryl methyl sites for hydroxylation is 1. The Labute approximate surface area is 162 Å². The molecule has 142 valence electrons. The third kappa shape index (κ3) is 5.88. The average molecular weight is 377 g/mol. The molecule has 0 bridgehead atoms. The van der Waals surface area contributed by atoms with Crippen LogP contribution < -0.4 is 10.1 Å². The molecule has 0 aliphatic heterocycles. The molecule has 3 aromatic rings. The number of hydrogen-bond donors (Lipinski definition) is 1. The van der Waals surface area contributed by atoms with Gasteiger partial charge in [-0.1, -0.05) is 17.7 Å². The molecule has 3 rings (SSSR count). The summed E-state index contributed by atoms with van der Waals surface area (Å²) >= 11 is 0. The lowest BCUT2D eigenvalue weighted by Crippen LogP contribution is -2.20. The van der Waals surface area contributed by atoms with Crippen LogP contribution in [-0.2, 0) is 14.3 Å². The monoisotopic (exact) mass is 377 g/mol. The van der Waals surface area contributed by atoms with Crippen LogP contribution in [0.15, 0.2) is 77.4 Å². The molecule has 2 aromatic carbocycles. The fourth-order valence-electron chi connectivity index (χ4n) is 2.27. The lowest BCUT2D eigenvalue weighted by molar-refractivity contribution is -0.142. The van der Waals surface area contributed by atoms with Gasteiger partial charge < -0.3 is 19.2 Å². The Morgan fingerprint density at radius 3 is 2.32 bits per heavy atom. The third-order valence-electron chi connectivity index (χ3n) is 3.67. The predicted molar refractivity (Wildman–Crippen MR) is 105 cm³/mol. The first-order valence-corrected chi connectivity index (χ1v) is 8.61. The van der Waals surface area contributed by atoms with Crippen molar-refractivity contribution in [3.05, 3.63) is 84.3 Å². The van der Waals surface area contributed by atoms with Crippen molar-refractivity contribution in [3.8, 4) is 11.5 Å². The van der Waals surface area contributed by atoms with E-state index in [0.29, 0.717) is 17.2 Å². The maximum atomic E-state index is 11.9. The van der Waals surface area contributed by atoms with Crippen LogP contribution in [0.3, 0.4) is 0 Å². The van der Waals surface area contributed by atoms with Crippen molar-refractivity contribution in [1.29, 1.82) is 0 Å². The summed E-state index contributed by atoms with van der Waals surface area (Å²) < 4.78 is 15.7. The van der Waals surface area contributed by atoms with Crippen molar-refractivity contribution < 1.29 is 23.5 Å². The fraction of sp³-hybridized carbons (Fsp3) is 0.0909. The molecule has 1 heterocycles. The third-order valence-corrected chi connectivity index (χ3v) is 3.67. The lowest BCUT2D eigenvalue weighted by atomic mass is 10.2.